The van der Waals surface area contributed by atoms with Crippen LogP contribution >= 0.6 is 0 Å². The molecule has 3 unspecified atom stereocenters. The number of rotatable bonds is 9. The Balaban J connectivity index is 1.41. The first-order valence-corrected chi connectivity index (χ1v) is 27.6. The normalized spacial score (nSPS) is 38.9. The summed E-state index contributed by atoms with van der Waals surface area (Å²) in [6, 6.07) is -1.19. The molecule has 2 bridgehead atoms. The molecule has 1 amide bonds. The maximum atomic E-state index is 14.6. The lowest BCUT2D eigenvalue weighted by Crippen LogP contribution is -2.61. The molecule has 0 radical (unpaired) electrons. The van der Waals surface area contributed by atoms with Gasteiger partial charge in [-0.1, -0.05) is 71.1 Å². The summed E-state index contributed by atoms with van der Waals surface area (Å²) in [5, 5.41) is 23.6. The second-order valence-corrected chi connectivity index (χ2v) is 22.7. The van der Waals surface area contributed by atoms with Crippen molar-refractivity contribution in [1.29, 1.82) is 0 Å². The van der Waals surface area contributed by atoms with Gasteiger partial charge in [0.1, 0.15) is 49.0 Å². The number of allylic oxidation sites excluding steroid dienone is 6. The van der Waals surface area contributed by atoms with Crippen LogP contribution in [-0.2, 0) is 66.6 Å². The van der Waals surface area contributed by atoms with Crippen molar-refractivity contribution in [2.75, 3.05) is 41.1 Å². The Bertz CT molecular complexity index is 2120. The molecule has 5 rings (SSSR count). The van der Waals surface area contributed by atoms with Crippen LogP contribution < -0.4 is 0 Å². The number of nitrogens with zero attached hydrogens (tertiary/aromatic N) is 1. The highest BCUT2D eigenvalue weighted by Crippen LogP contribution is 2.38. The average molecular weight is 1070 g/mol. The molecule has 0 aromatic heterocycles. The molecular formula is C58H89NO17. The van der Waals surface area contributed by atoms with Crippen LogP contribution in [0.5, 0.6) is 0 Å². The average Bonchev–Trinajstić information content (AvgIpc) is 3.75. The number of Topliss-reactive ketones (excluding diaryl/α,β-unsaturated/α-hetero) is 3. The van der Waals surface area contributed by atoms with Crippen molar-refractivity contribution >= 4 is 35.4 Å². The fraction of sp³-hybridized carbons (Fsp3) is 0.759. The van der Waals surface area contributed by atoms with Crippen LogP contribution in [0.3, 0.4) is 0 Å². The van der Waals surface area contributed by atoms with Gasteiger partial charge in [-0.05, 0) is 121 Å². The number of methoxy groups -OCH3 is 3. The lowest BCUT2D eigenvalue weighted by molar-refractivity contribution is -0.265. The van der Waals surface area contributed by atoms with Crippen molar-refractivity contribution in [1.82, 2.24) is 4.90 Å². The van der Waals surface area contributed by atoms with Crippen molar-refractivity contribution in [3.05, 3.63) is 47.6 Å². The third kappa shape index (κ3) is 16.9. The van der Waals surface area contributed by atoms with E-state index in [1.807, 2.05) is 51.2 Å². The van der Waals surface area contributed by atoms with Crippen LogP contribution in [0.15, 0.2) is 47.6 Å². The molecule has 16 atom stereocenters. The summed E-state index contributed by atoms with van der Waals surface area (Å²) in [4.78, 5) is 85.4. The number of ketones is 3. The van der Waals surface area contributed by atoms with Crippen LogP contribution in [0.2, 0.25) is 0 Å². The SMILES string of the molecule is CO[C@H]1CC2CC[C@@H](C)[C@@](O)(O2)C(=O)C(=O)N2CCCCC2C(=O)O[C@H]([C@H](C)C[C@@H]2CC[C@@H](OC(=O)OCC3COC(C)(C)O3)[C@H](OC)C2)CC(=O)[C@H](C)/C=C(\C)[C@@H](O)[C@@H](OC)C(=O)[C@H](C)C[C@H](C)/C=C/C=C/C=C/1C. The van der Waals surface area contributed by atoms with E-state index in [-0.39, 0.29) is 56.0 Å². The molecule has 0 aromatic carbocycles. The van der Waals surface area contributed by atoms with Gasteiger partial charge < -0.3 is 57.7 Å². The zero-order valence-corrected chi connectivity index (χ0v) is 47.2. The first kappa shape index (κ1) is 62.7. The summed E-state index contributed by atoms with van der Waals surface area (Å²) in [5.41, 5.74) is 1.23. The molecule has 18 nitrogen and oxygen atoms in total. The highest BCUT2D eigenvalue weighted by atomic mass is 16.8. The Kier molecular flexibility index (Phi) is 23.6. The summed E-state index contributed by atoms with van der Waals surface area (Å²) in [6.45, 7) is 16.4. The first-order valence-electron chi connectivity index (χ1n) is 27.6. The van der Waals surface area contributed by atoms with E-state index in [9.17, 15) is 39.0 Å². The Morgan fingerprint density at radius 2 is 1.59 bits per heavy atom. The van der Waals surface area contributed by atoms with Gasteiger partial charge in [-0.25, -0.2) is 9.59 Å². The molecule has 1 saturated carbocycles. The number of cyclic esters (lactones) is 1. The van der Waals surface area contributed by atoms with Crippen molar-refractivity contribution in [2.24, 2.45) is 35.5 Å². The number of esters is 1. The molecule has 3 saturated heterocycles. The number of amides is 1. The topological polar surface area (TPSA) is 229 Å². The van der Waals surface area contributed by atoms with Gasteiger partial charge in [-0.2, -0.15) is 0 Å². The molecule has 2 N–H and O–H groups in total. The molecule has 0 aromatic rings. The molecule has 18 heteroatoms. The number of aliphatic hydroxyl groups excluding tert-OH is 1. The zero-order chi connectivity index (χ0) is 56.1. The van der Waals surface area contributed by atoms with E-state index < -0.39 is 114 Å². The minimum absolute atomic E-state index is 0.00206. The van der Waals surface area contributed by atoms with Gasteiger partial charge in [-0.15, -0.1) is 0 Å². The fourth-order valence-corrected chi connectivity index (χ4v) is 11.4. The predicted octanol–water partition coefficient (Wildman–Crippen LogP) is 7.49. The van der Waals surface area contributed by atoms with E-state index in [0.29, 0.717) is 69.8 Å². The quantitative estimate of drug-likeness (QED) is 0.129. The Hall–Kier alpha value is -4.14. The second kappa shape index (κ2) is 28.7. The minimum Gasteiger partial charge on any atom is -0.460 e. The number of carbonyl (C=O) groups is 6. The number of aliphatic hydroxyl groups is 2. The Labute approximate surface area is 450 Å². The van der Waals surface area contributed by atoms with Gasteiger partial charge in [0.05, 0.1) is 24.9 Å². The molecule has 428 valence electrons. The van der Waals surface area contributed by atoms with Crippen LogP contribution in [-0.4, -0.2) is 158 Å². The van der Waals surface area contributed by atoms with Crippen LogP contribution in [0, 0.1) is 35.5 Å². The molecule has 4 heterocycles. The third-order valence-corrected chi connectivity index (χ3v) is 16.2. The van der Waals surface area contributed by atoms with Crippen molar-refractivity contribution in [2.45, 2.75) is 206 Å². The van der Waals surface area contributed by atoms with Crippen molar-refractivity contribution in [3.63, 3.8) is 0 Å². The number of hydrogen-bond donors (Lipinski definition) is 2. The summed E-state index contributed by atoms with van der Waals surface area (Å²) < 4.78 is 52.2. The van der Waals surface area contributed by atoms with Crippen LogP contribution in [0.4, 0.5) is 4.79 Å². The standard InChI is InChI=1S/C58H89NO17/c1-34-18-14-13-15-19-35(2)47(68-10)30-42-23-21-40(7)58(67,76-42)53(63)54(64)59-25-17-16-20-44(59)55(65)73-48(31-45(60)36(3)27-39(6)51(62)52(70-12)50(61)38(5)26-34)37(4)28-41-22-24-46(49(29-41)69-11)74-56(66)71-32-43-33-72-57(8,9)75-43/h13-15,18-19,27,34,36-38,40-44,46-49,51-52,62,67H,16-17,20-26,28-33H2,1-12H3/b15-13+,18-14+,35-19+,39-27+/t34-,36-,37-,38-,40-,41+,42?,43?,44?,46-,47+,48+,49-,51-,52+,58-/m1/s1. The predicted molar refractivity (Wildman–Crippen MR) is 280 cm³/mol. The largest absolute Gasteiger partial charge is 0.508 e. The lowest BCUT2D eigenvalue weighted by atomic mass is 9.78. The number of hydrogen-bond acceptors (Lipinski definition) is 17. The monoisotopic (exact) mass is 1070 g/mol. The van der Waals surface area contributed by atoms with E-state index in [0.717, 1.165) is 5.57 Å². The van der Waals surface area contributed by atoms with E-state index in [1.54, 1.807) is 61.8 Å². The maximum absolute atomic E-state index is 14.6. The van der Waals surface area contributed by atoms with E-state index >= 15 is 0 Å². The molecule has 4 aliphatic heterocycles. The van der Waals surface area contributed by atoms with Gasteiger partial charge in [0.25, 0.3) is 11.7 Å². The molecule has 76 heavy (non-hydrogen) atoms. The summed E-state index contributed by atoms with van der Waals surface area (Å²) in [5.74, 6) is -9.24. The van der Waals surface area contributed by atoms with Gasteiger partial charge in [-0.3, -0.25) is 19.2 Å². The molecule has 5 aliphatic rings. The number of piperidine rings is 1. The summed E-state index contributed by atoms with van der Waals surface area (Å²) in [6.07, 6.45) is 8.92. The fourth-order valence-electron chi connectivity index (χ4n) is 11.4. The number of fused-ring (bicyclic) bond motifs is 3. The maximum Gasteiger partial charge on any atom is 0.508 e. The van der Waals surface area contributed by atoms with Crippen LogP contribution in [0.1, 0.15) is 139 Å². The van der Waals surface area contributed by atoms with Gasteiger partial charge in [0.15, 0.2) is 11.6 Å². The third-order valence-electron chi connectivity index (χ3n) is 16.2. The lowest BCUT2D eigenvalue weighted by Gasteiger charge is -2.42. The Morgan fingerprint density at radius 3 is 2.26 bits per heavy atom. The molecule has 0 spiro atoms. The number of carbonyl (C=O) groups excluding carboxylic acids is 6. The Morgan fingerprint density at radius 1 is 0.855 bits per heavy atom. The van der Waals surface area contributed by atoms with E-state index in [2.05, 4.69) is 0 Å². The van der Waals surface area contributed by atoms with Crippen molar-refractivity contribution in [3.8, 4) is 0 Å². The minimum atomic E-state index is -2.46. The summed E-state index contributed by atoms with van der Waals surface area (Å²) in [7, 11) is 4.48. The smallest absolute Gasteiger partial charge is 0.460 e. The van der Waals surface area contributed by atoms with E-state index in [4.69, 9.17) is 42.6 Å². The molecule has 1 aliphatic carbocycles. The summed E-state index contributed by atoms with van der Waals surface area (Å²) >= 11 is 0. The van der Waals surface area contributed by atoms with Gasteiger partial charge in [0.2, 0.25) is 5.79 Å². The zero-order valence-electron chi connectivity index (χ0n) is 47.2. The van der Waals surface area contributed by atoms with Crippen LogP contribution in [0.25, 0.3) is 0 Å². The number of ether oxygens (including phenoxy) is 9. The first-order chi connectivity index (χ1) is 35.9. The highest BCUT2D eigenvalue weighted by molar-refractivity contribution is 6.39. The van der Waals surface area contributed by atoms with E-state index in [1.165, 1.54) is 12.0 Å². The van der Waals surface area contributed by atoms with Crippen molar-refractivity contribution < 1.29 is 81.6 Å². The highest BCUT2D eigenvalue weighted by Gasteiger charge is 2.53. The molecule has 4 fully saturated rings. The van der Waals surface area contributed by atoms with Gasteiger partial charge >= 0.3 is 12.1 Å². The second-order valence-electron chi connectivity index (χ2n) is 22.7. The molecular weight excluding hydrogens is 983 g/mol. The van der Waals surface area contributed by atoms with Gasteiger partial charge in [0, 0.05) is 58.5 Å².